The maximum atomic E-state index is 6.11. The summed E-state index contributed by atoms with van der Waals surface area (Å²) in [4.78, 5) is 2.53. The highest BCUT2D eigenvalue weighted by molar-refractivity contribution is 7.99. The SMILES string of the molecule is Cc1ccc(C)c(Sc2ccc(Cl)cc2CC(C)N)c1. The van der Waals surface area contributed by atoms with Gasteiger partial charge >= 0.3 is 0 Å². The van der Waals surface area contributed by atoms with Crippen molar-refractivity contribution in [1.82, 2.24) is 0 Å². The fourth-order valence-electron chi connectivity index (χ4n) is 2.09. The first-order valence-electron chi connectivity index (χ1n) is 6.75. The topological polar surface area (TPSA) is 26.0 Å². The number of aryl methyl sites for hydroxylation is 2. The van der Waals surface area contributed by atoms with Crippen LogP contribution in [0.2, 0.25) is 5.02 Å². The molecule has 0 fully saturated rings. The fraction of sp³-hybridized carbons (Fsp3) is 0.294. The Labute approximate surface area is 130 Å². The van der Waals surface area contributed by atoms with E-state index in [1.165, 1.54) is 26.5 Å². The van der Waals surface area contributed by atoms with Gasteiger partial charge in [-0.05, 0) is 68.1 Å². The molecular weight excluding hydrogens is 286 g/mol. The van der Waals surface area contributed by atoms with Crippen LogP contribution in [0.25, 0.3) is 0 Å². The highest BCUT2D eigenvalue weighted by Gasteiger charge is 2.09. The van der Waals surface area contributed by atoms with Crippen molar-refractivity contribution >= 4 is 23.4 Å². The van der Waals surface area contributed by atoms with Crippen LogP contribution in [-0.4, -0.2) is 6.04 Å². The summed E-state index contributed by atoms with van der Waals surface area (Å²) in [6.45, 7) is 6.28. The fourth-order valence-corrected chi connectivity index (χ4v) is 3.40. The first kappa shape index (κ1) is 15.4. The summed E-state index contributed by atoms with van der Waals surface area (Å²) in [6.07, 6.45) is 0.841. The molecule has 1 nitrogen and oxygen atoms in total. The van der Waals surface area contributed by atoms with Crippen molar-refractivity contribution in [1.29, 1.82) is 0 Å². The molecule has 20 heavy (non-hydrogen) atoms. The summed E-state index contributed by atoms with van der Waals surface area (Å²) < 4.78 is 0. The molecule has 0 saturated carbocycles. The van der Waals surface area contributed by atoms with Gasteiger partial charge in [-0.25, -0.2) is 0 Å². The minimum atomic E-state index is 0.131. The molecule has 1 atom stereocenters. The molecule has 3 heteroatoms. The maximum absolute atomic E-state index is 6.11. The Kier molecular flexibility index (Phi) is 5.14. The largest absolute Gasteiger partial charge is 0.328 e. The van der Waals surface area contributed by atoms with Gasteiger partial charge in [0.05, 0.1) is 0 Å². The lowest BCUT2D eigenvalue weighted by atomic mass is 10.1. The number of hydrogen-bond donors (Lipinski definition) is 1. The van der Waals surface area contributed by atoms with Gasteiger partial charge in [-0.15, -0.1) is 0 Å². The Hall–Kier alpha value is -0.960. The van der Waals surface area contributed by atoms with Gasteiger partial charge in [-0.1, -0.05) is 35.5 Å². The van der Waals surface area contributed by atoms with Crippen molar-refractivity contribution in [2.24, 2.45) is 5.73 Å². The Morgan fingerprint density at radius 1 is 1.10 bits per heavy atom. The molecule has 0 saturated heterocycles. The van der Waals surface area contributed by atoms with Crippen molar-refractivity contribution in [3.8, 4) is 0 Å². The lowest BCUT2D eigenvalue weighted by Crippen LogP contribution is -2.18. The predicted octanol–water partition coefficient (Wildman–Crippen LogP) is 5.00. The molecule has 106 valence electrons. The van der Waals surface area contributed by atoms with Crippen LogP contribution in [-0.2, 0) is 6.42 Å². The lowest BCUT2D eigenvalue weighted by Gasteiger charge is -2.13. The van der Waals surface area contributed by atoms with Crippen LogP contribution in [0.5, 0.6) is 0 Å². The quantitative estimate of drug-likeness (QED) is 0.860. The monoisotopic (exact) mass is 305 g/mol. The Bertz CT molecular complexity index is 608. The zero-order chi connectivity index (χ0) is 14.7. The molecule has 0 aliphatic carbocycles. The second kappa shape index (κ2) is 6.66. The molecule has 0 aromatic heterocycles. The van der Waals surface area contributed by atoms with Crippen LogP contribution in [0.1, 0.15) is 23.6 Å². The molecule has 2 aromatic carbocycles. The lowest BCUT2D eigenvalue weighted by molar-refractivity contribution is 0.729. The average Bonchev–Trinajstić information content (AvgIpc) is 2.36. The molecule has 0 heterocycles. The number of halogens is 1. The molecule has 2 aromatic rings. The van der Waals surface area contributed by atoms with Gasteiger partial charge in [0, 0.05) is 20.9 Å². The third kappa shape index (κ3) is 4.02. The summed E-state index contributed by atoms with van der Waals surface area (Å²) in [7, 11) is 0. The van der Waals surface area contributed by atoms with E-state index >= 15 is 0 Å². The van der Waals surface area contributed by atoms with Gasteiger partial charge in [0.2, 0.25) is 0 Å². The van der Waals surface area contributed by atoms with Crippen LogP contribution in [0.4, 0.5) is 0 Å². The summed E-state index contributed by atoms with van der Waals surface area (Å²) in [5.74, 6) is 0. The molecule has 1 unspecified atom stereocenters. The number of nitrogens with two attached hydrogens (primary N) is 1. The average molecular weight is 306 g/mol. The second-order valence-corrected chi connectivity index (χ2v) is 6.82. The molecule has 2 N–H and O–H groups in total. The van der Waals surface area contributed by atoms with Crippen molar-refractivity contribution in [3.05, 3.63) is 58.1 Å². The van der Waals surface area contributed by atoms with E-state index in [0.29, 0.717) is 0 Å². The van der Waals surface area contributed by atoms with Crippen molar-refractivity contribution in [3.63, 3.8) is 0 Å². The Morgan fingerprint density at radius 3 is 2.55 bits per heavy atom. The number of hydrogen-bond acceptors (Lipinski definition) is 2. The summed E-state index contributed by atoms with van der Waals surface area (Å²) >= 11 is 7.90. The molecule has 0 aliphatic heterocycles. The van der Waals surface area contributed by atoms with E-state index in [9.17, 15) is 0 Å². The van der Waals surface area contributed by atoms with E-state index in [2.05, 4.69) is 38.1 Å². The zero-order valence-corrected chi connectivity index (χ0v) is 13.7. The minimum Gasteiger partial charge on any atom is -0.328 e. The molecule has 0 aliphatic rings. The third-order valence-corrected chi connectivity index (χ3v) is 4.64. The molecule has 2 rings (SSSR count). The zero-order valence-electron chi connectivity index (χ0n) is 12.1. The van der Waals surface area contributed by atoms with Gasteiger partial charge in [-0.2, -0.15) is 0 Å². The van der Waals surface area contributed by atoms with Crippen molar-refractivity contribution < 1.29 is 0 Å². The van der Waals surface area contributed by atoms with Gasteiger partial charge in [0.25, 0.3) is 0 Å². The van der Waals surface area contributed by atoms with Crippen molar-refractivity contribution in [2.75, 3.05) is 0 Å². The number of benzene rings is 2. The van der Waals surface area contributed by atoms with E-state index in [-0.39, 0.29) is 6.04 Å². The molecular formula is C17H20ClNS. The molecule has 0 bridgehead atoms. The van der Waals surface area contributed by atoms with Crippen molar-refractivity contribution in [2.45, 2.75) is 43.0 Å². The van der Waals surface area contributed by atoms with Gasteiger partial charge < -0.3 is 5.73 Å². The van der Waals surface area contributed by atoms with Crippen LogP contribution in [0.3, 0.4) is 0 Å². The van der Waals surface area contributed by atoms with E-state index in [1.54, 1.807) is 11.8 Å². The minimum absolute atomic E-state index is 0.131. The maximum Gasteiger partial charge on any atom is 0.0409 e. The highest BCUT2D eigenvalue weighted by atomic mass is 35.5. The van der Waals surface area contributed by atoms with Crippen LogP contribution < -0.4 is 5.73 Å². The summed E-state index contributed by atoms with van der Waals surface area (Å²) in [6, 6.07) is 12.7. The van der Waals surface area contributed by atoms with Crippen LogP contribution in [0.15, 0.2) is 46.2 Å². The van der Waals surface area contributed by atoms with E-state index in [4.69, 9.17) is 17.3 Å². The standard InChI is InChI=1S/C17H20ClNS/c1-11-4-5-12(2)17(8-11)20-16-7-6-15(18)10-14(16)9-13(3)19/h4-8,10,13H,9,19H2,1-3H3. The number of rotatable bonds is 4. The predicted molar refractivity (Wildman–Crippen MR) is 88.8 cm³/mol. The van der Waals surface area contributed by atoms with Crippen LogP contribution in [0, 0.1) is 13.8 Å². The first-order chi connectivity index (χ1) is 9.45. The smallest absolute Gasteiger partial charge is 0.0409 e. The normalized spacial score (nSPS) is 12.4. The first-order valence-corrected chi connectivity index (χ1v) is 7.94. The highest BCUT2D eigenvalue weighted by Crippen LogP contribution is 2.34. The third-order valence-electron chi connectivity index (χ3n) is 3.13. The second-order valence-electron chi connectivity index (χ2n) is 5.30. The van der Waals surface area contributed by atoms with Crippen LogP contribution >= 0.6 is 23.4 Å². The van der Waals surface area contributed by atoms with E-state index in [1.807, 2.05) is 19.1 Å². The Balaban J connectivity index is 2.35. The summed E-state index contributed by atoms with van der Waals surface area (Å²) in [5, 5.41) is 0.769. The van der Waals surface area contributed by atoms with Gasteiger partial charge in [-0.3, -0.25) is 0 Å². The van der Waals surface area contributed by atoms with Gasteiger partial charge in [0.15, 0.2) is 0 Å². The van der Waals surface area contributed by atoms with E-state index < -0.39 is 0 Å². The van der Waals surface area contributed by atoms with Gasteiger partial charge in [0.1, 0.15) is 0 Å². The molecule has 0 amide bonds. The van der Waals surface area contributed by atoms with E-state index in [0.717, 1.165) is 11.4 Å². The molecule has 0 radical (unpaired) electrons. The summed E-state index contributed by atoms with van der Waals surface area (Å²) in [5.41, 5.74) is 9.73. The molecule has 0 spiro atoms. The Morgan fingerprint density at radius 2 is 1.85 bits per heavy atom.